The number of Topliss-reactive ketones (excluding diaryl/α,β-unsaturated/α-hetero) is 1. The predicted molar refractivity (Wildman–Crippen MR) is 159 cm³/mol. The number of carbonyl (C=O) groups excluding carboxylic acids is 3. The van der Waals surface area contributed by atoms with Gasteiger partial charge in [-0.25, -0.2) is 4.79 Å². The second kappa shape index (κ2) is 8.47. The van der Waals surface area contributed by atoms with Crippen LogP contribution in [0.4, 0.5) is 0 Å². The van der Waals surface area contributed by atoms with E-state index in [2.05, 4.69) is 0 Å². The molecule has 45 heavy (non-hydrogen) atoms. The number of carbonyl (C=O) groups is 3. The van der Waals surface area contributed by atoms with Crippen LogP contribution < -0.4 is 10.9 Å². The van der Waals surface area contributed by atoms with Gasteiger partial charge in [0.15, 0.2) is 16.6 Å². The maximum absolute atomic E-state index is 15.0. The third-order valence-corrected chi connectivity index (χ3v) is 9.57. The Labute approximate surface area is 252 Å². The Morgan fingerprint density at radius 2 is 1.67 bits per heavy atom. The van der Waals surface area contributed by atoms with Gasteiger partial charge in [0.1, 0.15) is 29.8 Å². The smallest absolute Gasteiger partial charge is 0.342 e. The van der Waals surface area contributed by atoms with Gasteiger partial charge in [0.05, 0.1) is 22.4 Å². The van der Waals surface area contributed by atoms with E-state index in [1.54, 1.807) is 26.0 Å². The Morgan fingerprint density at radius 1 is 0.933 bits per heavy atom. The number of benzene rings is 4. The summed E-state index contributed by atoms with van der Waals surface area (Å²) >= 11 is 0. The molecule has 2 aliphatic carbocycles. The van der Waals surface area contributed by atoms with Crippen molar-refractivity contribution in [2.75, 3.05) is 6.61 Å². The highest BCUT2D eigenvalue weighted by molar-refractivity contribution is 6.19. The maximum atomic E-state index is 15.0. The van der Waals surface area contributed by atoms with Gasteiger partial charge in [-0.1, -0.05) is 12.1 Å². The molecule has 0 radical (unpaired) electrons. The number of hydrogen-bond acceptors (Lipinski definition) is 10. The predicted octanol–water partition coefficient (Wildman–Crippen LogP) is 3.36. The van der Waals surface area contributed by atoms with Crippen LogP contribution in [-0.4, -0.2) is 50.3 Å². The van der Waals surface area contributed by atoms with Gasteiger partial charge in [-0.15, -0.1) is 0 Å². The number of phenolic OH excluding ortho intramolecular Hbond substituents is 2. The Hall–Kier alpha value is -5.71. The van der Waals surface area contributed by atoms with Crippen LogP contribution in [0.25, 0.3) is 27.2 Å². The summed E-state index contributed by atoms with van der Waals surface area (Å²) < 4.78 is 12.6. The molecule has 2 bridgehead atoms. The van der Waals surface area contributed by atoms with Crippen molar-refractivity contribution in [1.82, 2.24) is 4.57 Å². The number of para-hydroxylation sites is 2. The molecule has 224 valence electrons. The first-order valence-corrected chi connectivity index (χ1v) is 14.2. The second-order valence-corrected chi connectivity index (χ2v) is 11.9. The van der Waals surface area contributed by atoms with E-state index < -0.39 is 64.3 Å². The third-order valence-electron chi connectivity index (χ3n) is 9.57. The van der Waals surface area contributed by atoms with Gasteiger partial charge < -0.3 is 24.8 Å². The van der Waals surface area contributed by atoms with Gasteiger partial charge in [-0.05, 0) is 65.8 Å². The molecule has 0 amide bonds. The first kappa shape index (κ1) is 26.9. The second-order valence-electron chi connectivity index (χ2n) is 11.9. The van der Waals surface area contributed by atoms with E-state index in [-0.39, 0.29) is 55.4 Å². The number of nitrogens with zero attached hydrogens (tertiary/aromatic N) is 1. The summed E-state index contributed by atoms with van der Waals surface area (Å²) in [7, 11) is 0. The highest BCUT2D eigenvalue weighted by Gasteiger charge is 2.67. The summed E-state index contributed by atoms with van der Waals surface area (Å²) in [5, 5.41) is 33.3. The topological polar surface area (TPSA) is 169 Å². The van der Waals surface area contributed by atoms with Gasteiger partial charge in [0.2, 0.25) is 5.88 Å². The Morgan fingerprint density at radius 3 is 2.38 bits per heavy atom. The molecule has 1 aromatic heterocycles. The maximum Gasteiger partial charge on any atom is 0.342 e. The van der Waals surface area contributed by atoms with Crippen molar-refractivity contribution in [3.05, 3.63) is 102 Å². The fourth-order valence-corrected chi connectivity index (χ4v) is 8.02. The lowest BCUT2D eigenvalue weighted by Crippen LogP contribution is -2.55. The summed E-state index contributed by atoms with van der Waals surface area (Å²) in [5.41, 5.74) is -1.91. The Kier molecular flexibility index (Phi) is 5.06. The normalized spacial score (nSPS) is 21.1. The van der Waals surface area contributed by atoms with Crippen LogP contribution in [-0.2, 0) is 19.7 Å². The van der Waals surface area contributed by atoms with E-state index in [0.717, 1.165) is 11.5 Å². The lowest BCUT2D eigenvalue weighted by molar-refractivity contribution is -0.150. The number of fused-ring (bicyclic) bond motifs is 4. The molecule has 1 spiro atoms. The Balaban J connectivity index is 1.64. The minimum atomic E-state index is -1.68. The van der Waals surface area contributed by atoms with Crippen LogP contribution in [0, 0.1) is 13.8 Å². The van der Waals surface area contributed by atoms with Crippen LogP contribution in [0.1, 0.15) is 61.4 Å². The number of hydrogen-bond donors (Lipinski definition) is 3. The Bertz CT molecular complexity index is 2390. The van der Waals surface area contributed by atoms with Crippen LogP contribution in [0.3, 0.4) is 0 Å². The molecule has 0 unspecified atom stereocenters. The average Bonchev–Trinajstić information content (AvgIpc) is 3.18. The SMILES string of the molecule is CC(=O)O[C@H]1[C@@H]2C(=O)c3c(C)cc(O)c4c3[C@@]1(COC4=O)c1c2c2c(C)cc(=O)c3c(O)n(-c4ccccc4O)cc(c1=O)c23. The molecule has 8 rings (SSSR count). The van der Waals surface area contributed by atoms with Crippen molar-refractivity contribution in [3.63, 3.8) is 0 Å². The standard InChI is InChI=1S/C34H23NO10/c1-12-8-18(38)23-22-15(10-35(32(23)42)16-6-4-5-7-17(16)37)29(40)28-25(20(12)22)26-30(41)21-13(2)9-19(39)24-27(21)34(28,11-44-33(24)43)31(26)45-14(3)36/h4-10,26,31,37,39,42H,11H2,1-3H3/t26-,31-,34-/m0/s1. The number of aromatic nitrogens is 1. The van der Waals surface area contributed by atoms with Crippen LogP contribution in [0.15, 0.2) is 52.2 Å². The quantitative estimate of drug-likeness (QED) is 0.254. The van der Waals surface area contributed by atoms with E-state index in [4.69, 9.17) is 9.47 Å². The number of ether oxygens (including phenoxy) is 2. The molecule has 0 saturated heterocycles. The molecular formula is C34H23NO10. The summed E-state index contributed by atoms with van der Waals surface area (Å²) in [6.07, 6.45) is -0.0146. The zero-order chi connectivity index (χ0) is 31.9. The molecule has 0 saturated carbocycles. The molecule has 11 nitrogen and oxygen atoms in total. The van der Waals surface area contributed by atoms with E-state index in [9.17, 15) is 39.3 Å². The average molecular weight is 606 g/mol. The molecule has 0 fully saturated rings. The molecule has 3 aliphatic rings. The summed E-state index contributed by atoms with van der Waals surface area (Å²) in [5.74, 6) is -4.59. The van der Waals surface area contributed by atoms with Crippen molar-refractivity contribution in [1.29, 1.82) is 0 Å². The van der Waals surface area contributed by atoms with E-state index in [1.165, 1.54) is 30.5 Å². The number of phenols is 2. The lowest BCUT2D eigenvalue weighted by atomic mass is 9.63. The van der Waals surface area contributed by atoms with E-state index in [1.807, 2.05) is 0 Å². The molecule has 3 atom stereocenters. The van der Waals surface area contributed by atoms with Crippen molar-refractivity contribution in [2.45, 2.75) is 38.2 Å². The van der Waals surface area contributed by atoms with Gasteiger partial charge in [-0.2, -0.15) is 0 Å². The summed E-state index contributed by atoms with van der Waals surface area (Å²) in [6.45, 7) is 3.95. The van der Waals surface area contributed by atoms with E-state index >= 15 is 0 Å². The van der Waals surface area contributed by atoms with Gasteiger partial charge in [0.25, 0.3) is 0 Å². The fourth-order valence-electron chi connectivity index (χ4n) is 8.02. The van der Waals surface area contributed by atoms with Gasteiger partial charge in [0, 0.05) is 35.0 Å². The number of ketones is 1. The van der Waals surface area contributed by atoms with E-state index in [0.29, 0.717) is 16.5 Å². The summed E-state index contributed by atoms with van der Waals surface area (Å²) in [6, 6.07) is 8.64. The zero-order valence-electron chi connectivity index (χ0n) is 24.0. The number of cyclic esters (lactones) is 1. The van der Waals surface area contributed by atoms with Crippen molar-refractivity contribution in [2.24, 2.45) is 0 Å². The number of aryl methyl sites for hydroxylation is 2. The molecule has 11 heteroatoms. The van der Waals surface area contributed by atoms with Crippen molar-refractivity contribution >= 4 is 39.3 Å². The molecule has 2 heterocycles. The first-order chi connectivity index (χ1) is 21.4. The monoisotopic (exact) mass is 605 g/mol. The molecular weight excluding hydrogens is 582 g/mol. The molecule has 5 aromatic rings. The fraction of sp³-hybridized carbons (Fsp3) is 0.206. The summed E-state index contributed by atoms with van der Waals surface area (Å²) in [4.78, 5) is 68.7. The number of aromatic hydroxyl groups is 3. The van der Waals surface area contributed by atoms with Crippen LogP contribution in [0.5, 0.6) is 17.4 Å². The highest BCUT2D eigenvalue weighted by Crippen LogP contribution is 2.61. The van der Waals surface area contributed by atoms with Crippen molar-refractivity contribution in [3.8, 4) is 23.1 Å². The largest absolute Gasteiger partial charge is 0.507 e. The number of rotatable bonds is 2. The molecule has 4 aromatic carbocycles. The van der Waals surface area contributed by atoms with Crippen LogP contribution >= 0.6 is 0 Å². The minimum absolute atomic E-state index is 0.0200. The van der Waals surface area contributed by atoms with Gasteiger partial charge >= 0.3 is 11.9 Å². The first-order valence-electron chi connectivity index (χ1n) is 14.2. The zero-order valence-corrected chi connectivity index (χ0v) is 24.0. The number of pyridine rings is 1. The molecule has 1 aliphatic heterocycles. The van der Waals surface area contributed by atoms with Crippen LogP contribution in [0.2, 0.25) is 0 Å². The highest BCUT2D eigenvalue weighted by atomic mass is 16.6. The lowest BCUT2D eigenvalue weighted by Gasteiger charge is -2.44. The van der Waals surface area contributed by atoms with Crippen molar-refractivity contribution < 1.29 is 39.2 Å². The third kappa shape index (κ3) is 3.02. The molecule has 3 N–H and O–H groups in total. The number of esters is 2. The van der Waals surface area contributed by atoms with Gasteiger partial charge in [-0.3, -0.25) is 23.7 Å². The minimum Gasteiger partial charge on any atom is -0.507 e.